The van der Waals surface area contributed by atoms with Crippen LogP contribution in [0.4, 0.5) is 0 Å². The molecule has 1 aliphatic heterocycles. The molecule has 3 atom stereocenters. The van der Waals surface area contributed by atoms with Crippen LogP contribution in [0.5, 0.6) is 11.5 Å². The molecule has 3 heteroatoms. The summed E-state index contributed by atoms with van der Waals surface area (Å²) < 4.78 is 6.49. The normalized spacial score (nSPS) is 35.7. The molecular weight excluding hydrogens is 312 g/mol. The van der Waals surface area contributed by atoms with Crippen molar-refractivity contribution < 1.29 is 14.9 Å². The van der Waals surface area contributed by atoms with E-state index in [9.17, 15) is 10.2 Å². The lowest BCUT2D eigenvalue weighted by Gasteiger charge is -2.60. The number of phenols is 1. The summed E-state index contributed by atoms with van der Waals surface area (Å²) in [6.07, 6.45) is 7.52. The third-order valence-electron chi connectivity index (χ3n) is 7.24. The van der Waals surface area contributed by atoms with Crippen LogP contribution in [0, 0.1) is 23.7 Å². The molecule has 0 amide bonds. The molecule has 0 aromatic heterocycles. The van der Waals surface area contributed by atoms with E-state index in [2.05, 4.69) is 26.8 Å². The molecule has 0 bridgehead atoms. The summed E-state index contributed by atoms with van der Waals surface area (Å²) in [6, 6.07) is 3.80. The number of benzene rings is 1. The maximum atomic E-state index is 10.6. The van der Waals surface area contributed by atoms with Gasteiger partial charge >= 0.3 is 0 Å². The van der Waals surface area contributed by atoms with Crippen molar-refractivity contribution in [2.75, 3.05) is 6.61 Å². The van der Waals surface area contributed by atoms with E-state index in [1.807, 2.05) is 13.0 Å². The molecule has 2 saturated carbocycles. The van der Waals surface area contributed by atoms with Crippen molar-refractivity contribution in [1.82, 2.24) is 0 Å². The van der Waals surface area contributed by atoms with Gasteiger partial charge in [0.1, 0.15) is 17.1 Å². The zero-order valence-corrected chi connectivity index (χ0v) is 15.9. The van der Waals surface area contributed by atoms with E-state index < -0.39 is 0 Å². The Kier molecular flexibility index (Phi) is 3.57. The van der Waals surface area contributed by atoms with Crippen molar-refractivity contribution in [3.05, 3.63) is 28.8 Å². The van der Waals surface area contributed by atoms with E-state index in [4.69, 9.17) is 4.74 Å². The summed E-state index contributed by atoms with van der Waals surface area (Å²) >= 11 is 0. The van der Waals surface area contributed by atoms with E-state index in [0.29, 0.717) is 5.92 Å². The summed E-state index contributed by atoms with van der Waals surface area (Å²) in [5, 5.41) is 21.0. The van der Waals surface area contributed by atoms with Gasteiger partial charge in [-0.05, 0) is 80.2 Å². The third-order valence-corrected chi connectivity index (χ3v) is 7.24. The Bertz CT molecular complexity index is 748. The first-order valence-electron chi connectivity index (χ1n) is 9.58. The highest BCUT2D eigenvalue weighted by molar-refractivity contribution is 5.71. The molecule has 25 heavy (non-hydrogen) atoms. The van der Waals surface area contributed by atoms with E-state index in [1.54, 1.807) is 6.07 Å². The Morgan fingerprint density at radius 3 is 2.64 bits per heavy atom. The molecular formula is C22H30O3. The quantitative estimate of drug-likeness (QED) is 0.768. The van der Waals surface area contributed by atoms with Crippen LogP contribution in [0.25, 0.3) is 6.08 Å². The number of aryl methyl sites for hydroxylation is 1. The SMILES string of the molecule is Cc1cc(O)c2c(c1)OC1(C)CCC3C(C)(C)CCCC3(CO)C1=C2. The molecule has 1 aromatic carbocycles. The van der Waals surface area contributed by atoms with Crippen LogP contribution in [0.2, 0.25) is 0 Å². The predicted molar refractivity (Wildman–Crippen MR) is 99.7 cm³/mol. The van der Waals surface area contributed by atoms with Gasteiger partial charge in [-0.1, -0.05) is 20.3 Å². The number of hydrogen-bond donors (Lipinski definition) is 2. The molecule has 2 N–H and O–H groups in total. The number of rotatable bonds is 1. The maximum absolute atomic E-state index is 10.6. The Labute approximate surface area is 150 Å². The van der Waals surface area contributed by atoms with Gasteiger partial charge in [-0.2, -0.15) is 0 Å². The lowest BCUT2D eigenvalue weighted by atomic mass is 9.47. The smallest absolute Gasteiger partial charge is 0.131 e. The van der Waals surface area contributed by atoms with Crippen LogP contribution >= 0.6 is 0 Å². The summed E-state index contributed by atoms with van der Waals surface area (Å²) in [4.78, 5) is 0. The highest BCUT2D eigenvalue weighted by atomic mass is 16.5. The standard InChI is InChI=1S/C22H30O3/c1-14-10-16(24)15-12-19-21(4,25-17(15)11-14)9-6-18-20(2,3)7-5-8-22(18,19)13-23/h10-12,18,23-24H,5-9,13H2,1-4H3. The average Bonchev–Trinajstić information content (AvgIpc) is 2.52. The molecule has 3 nitrogen and oxygen atoms in total. The number of aromatic hydroxyl groups is 1. The van der Waals surface area contributed by atoms with Crippen molar-refractivity contribution in [3.8, 4) is 11.5 Å². The second-order valence-corrected chi connectivity index (χ2v) is 9.33. The Morgan fingerprint density at radius 2 is 1.92 bits per heavy atom. The number of phenolic OH excluding ortho intramolecular Hbond substituents is 1. The fourth-order valence-electron chi connectivity index (χ4n) is 6.07. The molecule has 4 rings (SSSR count). The average molecular weight is 342 g/mol. The van der Waals surface area contributed by atoms with Gasteiger partial charge in [0.2, 0.25) is 0 Å². The summed E-state index contributed by atoms with van der Waals surface area (Å²) in [5.41, 5.74) is 2.57. The van der Waals surface area contributed by atoms with Crippen LogP contribution in [0.1, 0.15) is 64.0 Å². The molecule has 2 aliphatic carbocycles. The Balaban J connectivity index is 1.92. The first-order chi connectivity index (χ1) is 11.7. The van der Waals surface area contributed by atoms with E-state index in [-0.39, 0.29) is 28.8 Å². The highest BCUT2D eigenvalue weighted by Gasteiger charge is 2.59. The fourth-order valence-corrected chi connectivity index (χ4v) is 6.07. The van der Waals surface area contributed by atoms with Crippen LogP contribution in [-0.2, 0) is 0 Å². The second-order valence-electron chi connectivity index (χ2n) is 9.33. The minimum atomic E-state index is -0.389. The summed E-state index contributed by atoms with van der Waals surface area (Å²) in [6.45, 7) is 9.00. The fraction of sp³-hybridized carbons (Fsp3) is 0.636. The maximum Gasteiger partial charge on any atom is 0.131 e. The largest absolute Gasteiger partial charge is 0.507 e. The zero-order valence-electron chi connectivity index (χ0n) is 15.9. The van der Waals surface area contributed by atoms with Crippen molar-refractivity contribution in [1.29, 1.82) is 0 Å². The topological polar surface area (TPSA) is 49.7 Å². The second kappa shape index (κ2) is 5.26. The van der Waals surface area contributed by atoms with Gasteiger partial charge in [0.25, 0.3) is 0 Å². The van der Waals surface area contributed by atoms with Crippen LogP contribution < -0.4 is 4.74 Å². The molecule has 2 fully saturated rings. The van der Waals surface area contributed by atoms with E-state index in [1.165, 1.54) is 12.0 Å². The minimum Gasteiger partial charge on any atom is -0.507 e. The van der Waals surface area contributed by atoms with Crippen LogP contribution in [-0.4, -0.2) is 22.4 Å². The lowest BCUT2D eigenvalue weighted by Crippen LogP contribution is -2.58. The summed E-state index contributed by atoms with van der Waals surface area (Å²) in [7, 11) is 0. The van der Waals surface area contributed by atoms with E-state index in [0.717, 1.165) is 42.6 Å². The Morgan fingerprint density at radius 1 is 1.16 bits per heavy atom. The van der Waals surface area contributed by atoms with E-state index >= 15 is 0 Å². The van der Waals surface area contributed by atoms with Gasteiger partial charge in [0, 0.05) is 5.41 Å². The van der Waals surface area contributed by atoms with Gasteiger partial charge in [0.15, 0.2) is 0 Å². The molecule has 1 aromatic rings. The van der Waals surface area contributed by atoms with Crippen molar-refractivity contribution in [3.63, 3.8) is 0 Å². The first kappa shape index (κ1) is 17.0. The van der Waals surface area contributed by atoms with Gasteiger partial charge < -0.3 is 14.9 Å². The molecule has 3 unspecified atom stereocenters. The molecule has 1 heterocycles. The lowest BCUT2D eigenvalue weighted by molar-refractivity contribution is -0.0840. The highest BCUT2D eigenvalue weighted by Crippen LogP contribution is 2.64. The molecule has 0 radical (unpaired) electrons. The van der Waals surface area contributed by atoms with Crippen molar-refractivity contribution in [2.24, 2.45) is 16.7 Å². The number of aliphatic hydroxyl groups excluding tert-OH is 1. The monoisotopic (exact) mass is 342 g/mol. The number of ether oxygens (including phenoxy) is 1. The number of hydrogen-bond acceptors (Lipinski definition) is 3. The van der Waals surface area contributed by atoms with Gasteiger partial charge in [-0.25, -0.2) is 0 Å². The summed E-state index contributed by atoms with van der Waals surface area (Å²) in [5.74, 6) is 1.50. The molecule has 0 saturated heterocycles. The number of fused-ring (bicyclic) bond motifs is 4. The van der Waals surface area contributed by atoms with Crippen LogP contribution in [0.15, 0.2) is 17.7 Å². The zero-order chi connectivity index (χ0) is 18.0. The molecule has 0 spiro atoms. The van der Waals surface area contributed by atoms with Crippen molar-refractivity contribution >= 4 is 6.08 Å². The van der Waals surface area contributed by atoms with Crippen molar-refractivity contribution in [2.45, 2.75) is 65.4 Å². The van der Waals surface area contributed by atoms with Crippen LogP contribution in [0.3, 0.4) is 0 Å². The number of aliphatic hydroxyl groups is 1. The molecule has 3 aliphatic rings. The predicted octanol–water partition coefficient (Wildman–Crippen LogP) is 4.83. The molecule has 136 valence electrons. The minimum absolute atomic E-state index is 0.161. The Hall–Kier alpha value is -1.48. The van der Waals surface area contributed by atoms with Gasteiger partial charge in [0.05, 0.1) is 12.2 Å². The van der Waals surface area contributed by atoms with Gasteiger partial charge in [-0.3, -0.25) is 0 Å². The third kappa shape index (κ3) is 2.28. The first-order valence-corrected chi connectivity index (χ1v) is 9.58. The van der Waals surface area contributed by atoms with Gasteiger partial charge in [-0.15, -0.1) is 0 Å².